The highest BCUT2D eigenvalue weighted by molar-refractivity contribution is 5.38. The van der Waals surface area contributed by atoms with E-state index in [0.29, 0.717) is 5.95 Å². The van der Waals surface area contributed by atoms with Crippen molar-refractivity contribution >= 4 is 11.8 Å². The van der Waals surface area contributed by atoms with E-state index in [1.54, 1.807) is 6.20 Å². The normalized spacial score (nSPS) is 16.5. The van der Waals surface area contributed by atoms with Gasteiger partial charge in [0.15, 0.2) is 0 Å². The third-order valence-corrected chi connectivity index (χ3v) is 2.85. The van der Waals surface area contributed by atoms with Crippen LogP contribution in [0.4, 0.5) is 11.8 Å². The topological polar surface area (TPSA) is 88.3 Å². The van der Waals surface area contributed by atoms with Crippen molar-refractivity contribution in [1.29, 1.82) is 0 Å². The van der Waals surface area contributed by atoms with Crippen LogP contribution in [0.3, 0.4) is 0 Å². The van der Waals surface area contributed by atoms with Gasteiger partial charge in [0.25, 0.3) is 0 Å². The summed E-state index contributed by atoms with van der Waals surface area (Å²) in [6, 6.07) is 1.83. The predicted octanol–water partition coefficient (Wildman–Crippen LogP) is -0.104. The van der Waals surface area contributed by atoms with Gasteiger partial charge in [-0.1, -0.05) is 0 Å². The lowest BCUT2D eigenvalue weighted by molar-refractivity contribution is 0.0378. The average Bonchev–Trinajstić information content (AvgIpc) is 2.45. The fourth-order valence-corrected chi connectivity index (χ4v) is 1.87. The molecule has 1 saturated heterocycles. The zero-order valence-corrected chi connectivity index (χ0v) is 10.4. The van der Waals surface area contributed by atoms with Gasteiger partial charge in [-0.2, -0.15) is 4.98 Å². The minimum absolute atomic E-state index is 0.424. The molecule has 2 rings (SSSR count). The van der Waals surface area contributed by atoms with E-state index in [-0.39, 0.29) is 0 Å². The monoisotopic (exact) mass is 252 g/mol. The number of anilines is 2. The van der Waals surface area contributed by atoms with Crippen molar-refractivity contribution in [3.63, 3.8) is 0 Å². The van der Waals surface area contributed by atoms with Crippen LogP contribution >= 0.6 is 0 Å². The van der Waals surface area contributed by atoms with Crippen LogP contribution in [0.15, 0.2) is 12.3 Å². The molecule has 0 bridgehead atoms. The van der Waals surface area contributed by atoms with E-state index >= 15 is 0 Å². The fourth-order valence-electron chi connectivity index (χ4n) is 1.87. The number of hydrogen-bond donors (Lipinski definition) is 3. The highest BCUT2D eigenvalue weighted by Crippen LogP contribution is 2.04. The molecule has 1 fully saturated rings. The highest BCUT2D eigenvalue weighted by atomic mass is 16.5. The summed E-state index contributed by atoms with van der Waals surface area (Å²) >= 11 is 0. The van der Waals surface area contributed by atoms with Gasteiger partial charge < -0.3 is 10.1 Å². The second-order valence-corrected chi connectivity index (χ2v) is 4.14. The maximum atomic E-state index is 5.31. The Balaban J connectivity index is 1.65. The molecular weight excluding hydrogens is 232 g/mol. The molecule has 2 heterocycles. The molecule has 0 unspecified atom stereocenters. The SMILES string of the molecule is NNc1nccc(NCCCN2CCOCC2)n1. The van der Waals surface area contributed by atoms with Crippen LogP contribution in [-0.4, -0.2) is 54.3 Å². The van der Waals surface area contributed by atoms with E-state index in [1.807, 2.05) is 6.07 Å². The van der Waals surface area contributed by atoms with E-state index in [4.69, 9.17) is 10.6 Å². The van der Waals surface area contributed by atoms with Crippen LogP contribution in [0.25, 0.3) is 0 Å². The summed E-state index contributed by atoms with van der Waals surface area (Å²) < 4.78 is 5.31. The largest absolute Gasteiger partial charge is 0.379 e. The first kappa shape index (κ1) is 13.0. The summed E-state index contributed by atoms with van der Waals surface area (Å²) in [5.41, 5.74) is 2.43. The Morgan fingerprint density at radius 2 is 2.22 bits per heavy atom. The van der Waals surface area contributed by atoms with E-state index in [0.717, 1.165) is 51.6 Å². The Morgan fingerprint density at radius 3 is 3.00 bits per heavy atom. The van der Waals surface area contributed by atoms with Crippen LogP contribution in [0.5, 0.6) is 0 Å². The van der Waals surface area contributed by atoms with Gasteiger partial charge in [-0.15, -0.1) is 0 Å². The fraction of sp³-hybridized carbons (Fsp3) is 0.636. The number of nitrogen functional groups attached to an aromatic ring is 1. The number of nitrogens with two attached hydrogens (primary N) is 1. The molecule has 0 aromatic carbocycles. The van der Waals surface area contributed by atoms with Gasteiger partial charge in [-0.25, -0.2) is 10.8 Å². The summed E-state index contributed by atoms with van der Waals surface area (Å²) in [6.45, 7) is 5.75. The molecule has 1 aromatic rings. The van der Waals surface area contributed by atoms with E-state index in [2.05, 4.69) is 25.6 Å². The third kappa shape index (κ3) is 4.10. The minimum Gasteiger partial charge on any atom is -0.379 e. The molecular formula is C11H20N6O. The molecule has 7 nitrogen and oxygen atoms in total. The highest BCUT2D eigenvalue weighted by Gasteiger charge is 2.08. The number of aromatic nitrogens is 2. The van der Waals surface area contributed by atoms with E-state index < -0.39 is 0 Å². The van der Waals surface area contributed by atoms with Crippen LogP contribution in [0, 0.1) is 0 Å². The number of morpholine rings is 1. The molecule has 7 heteroatoms. The molecule has 4 N–H and O–H groups in total. The van der Waals surface area contributed by atoms with Gasteiger partial charge in [-0.3, -0.25) is 10.3 Å². The molecule has 0 atom stereocenters. The molecule has 100 valence electrons. The first-order valence-electron chi connectivity index (χ1n) is 6.22. The van der Waals surface area contributed by atoms with Crippen LogP contribution in [-0.2, 0) is 4.74 Å². The lowest BCUT2D eigenvalue weighted by Gasteiger charge is -2.26. The Bertz CT molecular complexity index is 355. The van der Waals surface area contributed by atoms with Gasteiger partial charge in [0.2, 0.25) is 5.95 Å². The molecule has 0 saturated carbocycles. The second-order valence-electron chi connectivity index (χ2n) is 4.14. The number of hydrazine groups is 1. The van der Waals surface area contributed by atoms with Crippen molar-refractivity contribution in [2.24, 2.45) is 5.84 Å². The van der Waals surface area contributed by atoms with Crippen molar-refractivity contribution in [2.45, 2.75) is 6.42 Å². The Morgan fingerprint density at radius 1 is 1.39 bits per heavy atom. The van der Waals surface area contributed by atoms with Gasteiger partial charge in [0, 0.05) is 25.8 Å². The standard InChI is InChI=1S/C11H20N6O/c12-16-11-14-4-2-10(15-11)13-3-1-5-17-6-8-18-9-7-17/h2,4H,1,3,5-9,12H2,(H2,13,14,15,16). The van der Waals surface area contributed by atoms with Crippen molar-refractivity contribution in [1.82, 2.24) is 14.9 Å². The lowest BCUT2D eigenvalue weighted by Crippen LogP contribution is -2.37. The average molecular weight is 252 g/mol. The minimum atomic E-state index is 0.424. The maximum absolute atomic E-state index is 5.31. The third-order valence-electron chi connectivity index (χ3n) is 2.85. The summed E-state index contributed by atoms with van der Waals surface area (Å²) in [7, 11) is 0. The second kappa shape index (κ2) is 7.10. The summed E-state index contributed by atoms with van der Waals surface area (Å²) in [5.74, 6) is 6.47. The Labute approximate surface area is 107 Å². The molecule has 1 aliphatic heterocycles. The lowest BCUT2D eigenvalue weighted by atomic mass is 10.3. The summed E-state index contributed by atoms with van der Waals surface area (Å²) in [5, 5.41) is 3.25. The van der Waals surface area contributed by atoms with E-state index in [1.165, 1.54) is 0 Å². The Hall–Kier alpha value is -1.44. The van der Waals surface area contributed by atoms with Gasteiger partial charge in [0.1, 0.15) is 5.82 Å². The molecule has 18 heavy (non-hydrogen) atoms. The quantitative estimate of drug-likeness (QED) is 0.370. The Kier molecular flexibility index (Phi) is 5.13. The number of ether oxygens (including phenoxy) is 1. The molecule has 1 aromatic heterocycles. The molecule has 0 spiro atoms. The van der Waals surface area contributed by atoms with E-state index in [9.17, 15) is 0 Å². The number of nitrogens with one attached hydrogen (secondary N) is 2. The predicted molar refractivity (Wildman–Crippen MR) is 70.2 cm³/mol. The summed E-state index contributed by atoms with van der Waals surface area (Å²) in [4.78, 5) is 10.5. The first-order chi connectivity index (χ1) is 8.88. The van der Waals surface area contributed by atoms with Crippen molar-refractivity contribution in [3.8, 4) is 0 Å². The number of rotatable bonds is 6. The van der Waals surface area contributed by atoms with Crippen LogP contribution < -0.4 is 16.6 Å². The molecule has 0 amide bonds. The van der Waals surface area contributed by atoms with Crippen molar-refractivity contribution < 1.29 is 4.74 Å². The first-order valence-corrected chi connectivity index (χ1v) is 6.22. The number of hydrogen-bond acceptors (Lipinski definition) is 7. The maximum Gasteiger partial charge on any atom is 0.239 e. The number of nitrogens with zero attached hydrogens (tertiary/aromatic N) is 3. The molecule has 0 radical (unpaired) electrons. The zero-order chi connectivity index (χ0) is 12.6. The van der Waals surface area contributed by atoms with Crippen LogP contribution in [0.1, 0.15) is 6.42 Å². The van der Waals surface area contributed by atoms with Crippen molar-refractivity contribution in [3.05, 3.63) is 12.3 Å². The van der Waals surface area contributed by atoms with Gasteiger partial charge in [-0.05, 0) is 19.0 Å². The summed E-state index contributed by atoms with van der Waals surface area (Å²) in [6.07, 6.45) is 2.75. The van der Waals surface area contributed by atoms with Crippen LogP contribution in [0.2, 0.25) is 0 Å². The smallest absolute Gasteiger partial charge is 0.239 e. The van der Waals surface area contributed by atoms with Gasteiger partial charge in [0.05, 0.1) is 13.2 Å². The molecule has 0 aliphatic carbocycles. The van der Waals surface area contributed by atoms with Crippen molar-refractivity contribution in [2.75, 3.05) is 50.1 Å². The van der Waals surface area contributed by atoms with Gasteiger partial charge >= 0.3 is 0 Å². The molecule has 1 aliphatic rings. The zero-order valence-electron chi connectivity index (χ0n) is 10.4.